The molecule has 0 aliphatic carbocycles. The minimum absolute atomic E-state index is 0. The van der Waals surface area contributed by atoms with Gasteiger partial charge < -0.3 is 14.5 Å². The molecule has 1 aliphatic heterocycles. The summed E-state index contributed by atoms with van der Waals surface area (Å²) in [6, 6.07) is 1.27. The molecule has 0 saturated carbocycles. The van der Waals surface area contributed by atoms with Gasteiger partial charge >= 0.3 is 5.97 Å². The first-order chi connectivity index (χ1) is 10.4. The molecule has 2 heterocycles. The van der Waals surface area contributed by atoms with Crippen LogP contribution in [0.4, 0.5) is 0 Å². The van der Waals surface area contributed by atoms with Crippen LogP contribution in [0.1, 0.15) is 29.7 Å². The summed E-state index contributed by atoms with van der Waals surface area (Å²) in [6.07, 6.45) is 1.21. The number of aryl methyl sites for hydroxylation is 1. The van der Waals surface area contributed by atoms with Crippen molar-refractivity contribution in [3.8, 4) is 0 Å². The predicted octanol–water partition coefficient (Wildman–Crippen LogP) is 1.28. The van der Waals surface area contributed by atoms with Crippen LogP contribution in [0, 0.1) is 5.92 Å². The maximum Gasteiger partial charge on any atom is 0.373 e. The van der Waals surface area contributed by atoms with E-state index in [0.29, 0.717) is 25.4 Å². The van der Waals surface area contributed by atoms with E-state index in [1.54, 1.807) is 6.92 Å². The van der Waals surface area contributed by atoms with Crippen molar-refractivity contribution in [2.75, 3.05) is 33.8 Å². The van der Waals surface area contributed by atoms with Gasteiger partial charge in [0.25, 0.3) is 0 Å². The fraction of sp³-hybridized carbons (Fsp3) is 0.643. The fourth-order valence-electron chi connectivity index (χ4n) is 2.69. The highest BCUT2D eigenvalue weighted by Crippen LogP contribution is 2.29. The Balaban J connectivity index is 0.00000264. The van der Waals surface area contributed by atoms with Crippen molar-refractivity contribution in [1.29, 1.82) is 0 Å². The van der Waals surface area contributed by atoms with Crippen LogP contribution in [0.15, 0.2) is 15.4 Å². The Morgan fingerprint density at radius 2 is 2.22 bits per heavy atom. The van der Waals surface area contributed by atoms with Crippen LogP contribution >= 0.6 is 12.4 Å². The van der Waals surface area contributed by atoms with Crippen molar-refractivity contribution in [3.63, 3.8) is 0 Å². The molecular weight excluding hydrogens is 344 g/mol. The molecule has 0 spiro atoms. The maximum atomic E-state index is 12.8. The summed E-state index contributed by atoms with van der Waals surface area (Å²) >= 11 is 0. The summed E-state index contributed by atoms with van der Waals surface area (Å²) in [5, 5.41) is 3.07. The summed E-state index contributed by atoms with van der Waals surface area (Å²) in [5.41, 5.74) is 0. The van der Waals surface area contributed by atoms with Gasteiger partial charge in [0.2, 0.25) is 15.8 Å². The van der Waals surface area contributed by atoms with E-state index in [0.717, 1.165) is 13.0 Å². The number of rotatable bonds is 6. The lowest BCUT2D eigenvalue weighted by atomic mass is 10.1. The molecule has 0 aromatic carbocycles. The average Bonchev–Trinajstić information content (AvgIpc) is 3.13. The highest BCUT2D eigenvalue weighted by atomic mass is 35.5. The highest BCUT2D eigenvalue weighted by molar-refractivity contribution is 7.89. The minimum Gasteiger partial charge on any atom is -0.463 e. The Morgan fingerprint density at radius 3 is 2.78 bits per heavy atom. The summed E-state index contributed by atoms with van der Waals surface area (Å²) in [5.74, 6) is -0.163. The van der Waals surface area contributed by atoms with Crippen LogP contribution in [0.2, 0.25) is 0 Å². The Labute approximate surface area is 142 Å². The molecule has 1 N–H and O–H groups in total. The molecule has 132 valence electrons. The van der Waals surface area contributed by atoms with Gasteiger partial charge in [-0.15, -0.1) is 12.4 Å². The number of nitrogens with zero attached hydrogens (tertiary/aromatic N) is 1. The Bertz CT molecular complexity index is 644. The van der Waals surface area contributed by atoms with Crippen molar-refractivity contribution in [2.24, 2.45) is 5.92 Å². The van der Waals surface area contributed by atoms with Crippen molar-refractivity contribution in [3.05, 3.63) is 17.6 Å². The summed E-state index contributed by atoms with van der Waals surface area (Å²) in [4.78, 5) is 11.6. The summed E-state index contributed by atoms with van der Waals surface area (Å²) < 4.78 is 37.0. The standard InChI is InChI=1S/C14H22N2O5S.ClH/c1-4-11-13(7-12(21-11)14(17)20-3)22(18,19)16-6-5-10(9-16)8-15-2;/h7,10,15H,4-6,8-9H2,1-3H3;1H. The zero-order valence-electron chi connectivity index (χ0n) is 13.5. The number of ether oxygens (including phenoxy) is 1. The second kappa shape index (κ2) is 8.14. The highest BCUT2D eigenvalue weighted by Gasteiger charge is 2.35. The zero-order chi connectivity index (χ0) is 16.3. The maximum absolute atomic E-state index is 12.8. The largest absolute Gasteiger partial charge is 0.463 e. The first kappa shape index (κ1) is 20.0. The van der Waals surface area contributed by atoms with Crippen LogP contribution in [0.5, 0.6) is 0 Å². The van der Waals surface area contributed by atoms with Crippen LogP contribution < -0.4 is 5.32 Å². The van der Waals surface area contributed by atoms with Crippen LogP contribution in [0.3, 0.4) is 0 Å². The van der Waals surface area contributed by atoms with E-state index in [1.807, 2.05) is 7.05 Å². The molecule has 0 amide bonds. The van der Waals surface area contributed by atoms with E-state index < -0.39 is 16.0 Å². The number of sulfonamides is 1. The molecule has 0 bridgehead atoms. The van der Waals surface area contributed by atoms with Gasteiger partial charge in [-0.1, -0.05) is 6.92 Å². The van der Waals surface area contributed by atoms with Crippen molar-refractivity contribution in [2.45, 2.75) is 24.7 Å². The average molecular weight is 367 g/mol. The number of halogens is 1. The molecule has 7 nitrogen and oxygen atoms in total. The van der Waals surface area contributed by atoms with Crippen molar-refractivity contribution < 1.29 is 22.4 Å². The molecule has 23 heavy (non-hydrogen) atoms. The van der Waals surface area contributed by atoms with Crippen LogP contribution in [0.25, 0.3) is 0 Å². The van der Waals surface area contributed by atoms with Crippen molar-refractivity contribution in [1.82, 2.24) is 9.62 Å². The van der Waals surface area contributed by atoms with Crippen LogP contribution in [-0.4, -0.2) is 52.5 Å². The molecule has 1 saturated heterocycles. The van der Waals surface area contributed by atoms with Crippen molar-refractivity contribution >= 4 is 28.4 Å². The number of hydrogen-bond donors (Lipinski definition) is 1. The Morgan fingerprint density at radius 1 is 1.52 bits per heavy atom. The number of methoxy groups -OCH3 is 1. The molecule has 1 atom stereocenters. The molecule has 1 aliphatic rings. The normalized spacial score (nSPS) is 18.7. The van der Waals surface area contributed by atoms with E-state index in [4.69, 9.17) is 4.42 Å². The number of furan rings is 1. The monoisotopic (exact) mass is 366 g/mol. The van der Waals surface area contributed by atoms with Gasteiger partial charge in [-0.2, -0.15) is 4.31 Å². The van der Waals surface area contributed by atoms with Gasteiger partial charge in [-0.25, -0.2) is 13.2 Å². The Kier molecular flexibility index (Phi) is 7.06. The second-order valence-corrected chi connectivity index (χ2v) is 7.23. The molecule has 1 fully saturated rings. The van der Waals surface area contributed by atoms with Gasteiger partial charge in [0.1, 0.15) is 10.7 Å². The van der Waals surface area contributed by atoms with Gasteiger partial charge in [0.05, 0.1) is 7.11 Å². The van der Waals surface area contributed by atoms with E-state index in [1.165, 1.54) is 17.5 Å². The first-order valence-electron chi connectivity index (χ1n) is 7.29. The van der Waals surface area contributed by atoms with Gasteiger partial charge in [-0.3, -0.25) is 0 Å². The minimum atomic E-state index is -3.65. The lowest BCUT2D eigenvalue weighted by Crippen LogP contribution is -2.30. The molecule has 1 aromatic heterocycles. The molecular formula is C14H23ClN2O5S. The van der Waals surface area contributed by atoms with E-state index >= 15 is 0 Å². The number of nitrogens with one attached hydrogen (secondary N) is 1. The third-order valence-corrected chi connectivity index (χ3v) is 5.75. The number of carbonyl (C=O) groups excluding carboxylic acids is 1. The fourth-order valence-corrected chi connectivity index (χ4v) is 4.45. The smallest absolute Gasteiger partial charge is 0.373 e. The first-order valence-corrected chi connectivity index (χ1v) is 8.73. The molecule has 9 heteroatoms. The van der Waals surface area contributed by atoms with E-state index in [-0.39, 0.29) is 28.8 Å². The van der Waals surface area contributed by atoms with E-state index in [2.05, 4.69) is 10.1 Å². The zero-order valence-corrected chi connectivity index (χ0v) is 15.1. The van der Waals surface area contributed by atoms with Crippen LogP contribution in [-0.2, 0) is 21.2 Å². The number of esters is 1. The SMILES string of the molecule is CCc1oc(C(=O)OC)cc1S(=O)(=O)N1CCC(CNC)C1.Cl. The Hall–Kier alpha value is -1.09. The third-order valence-electron chi connectivity index (χ3n) is 3.84. The molecule has 2 rings (SSSR count). The van der Waals surface area contributed by atoms with Gasteiger partial charge in [0.15, 0.2) is 0 Å². The lowest BCUT2D eigenvalue weighted by molar-refractivity contribution is 0.0563. The molecule has 1 unspecified atom stereocenters. The number of hydrogen-bond acceptors (Lipinski definition) is 6. The van der Waals surface area contributed by atoms with Gasteiger partial charge in [0, 0.05) is 25.6 Å². The number of carbonyl (C=O) groups is 1. The summed E-state index contributed by atoms with van der Waals surface area (Å²) in [7, 11) is -0.568. The molecule has 0 radical (unpaired) electrons. The lowest BCUT2D eigenvalue weighted by Gasteiger charge is -2.16. The topological polar surface area (TPSA) is 88.8 Å². The van der Waals surface area contributed by atoms with Gasteiger partial charge in [-0.05, 0) is 25.9 Å². The predicted molar refractivity (Wildman–Crippen MR) is 87.5 cm³/mol. The third kappa shape index (κ3) is 4.06. The summed E-state index contributed by atoms with van der Waals surface area (Å²) in [6.45, 7) is 3.53. The second-order valence-electron chi connectivity index (χ2n) is 5.32. The molecule has 1 aromatic rings. The quantitative estimate of drug-likeness (QED) is 0.763. The van der Waals surface area contributed by atoms with E-state index in [9.17, 15) is 13.2 Å².